The molecule has 0 fully saturated rings. The van der Waals surface area contributed by atoms with E-state index in [2.05, 4.69) is 5.32 Å². The number of hydrogen-bond acceptors (Lipinski definition) is 3. The van der Waals surface area contributed by atoms with Crippen molar-refractivity contribution in [2.75, 3.05) is 18.5 Å². The van der Waals surface area contributed by atoms with E-state index < -0.39 is 0 Å². The van der Waals surface area contributed by atoms with Crippen LogP contribution in [0.15, 0.2) is 18.2 Å². The number of aliphatic hydroxyl groups excluding tert-OH is 1. The van der Waals surface area contributed by atoms with E-state index in [9.17, 15) is 5.11 Å². The summed E-state index contributed by atoms with van der Waals surface area (Å²) in [5.74, 6) is 0.828. The van der Waals surface area contributed by atoms with Crippen LogP contribution in [0.3, 0.4) is 0 Å². The van der Waals surface area contributed by atoms with Crippen molar-refractivity contribution >= 4 is 5.69 Å². The largest absolute Gasteiger partial charge is 0.494 e. The maximum Gasteiger partial charge on any atom is 0.119 e. The van der Waals surface area contributed by atoms with Gasteiger partial charge in [0, 0.05) is 17.8 Å². The molecule has 0 spiro atoms. The smallest absolute Gasteiger partial charge is 0.119 e. The zero-order valence-corrected chi connectivity index (χ0v) is 8.29. The van der Waals surface area contributed by atoms with E-state index in [4.69, 9.17) is 4.74 Å². The van der Waals surface area contributed by atoms with Crippen LogP contribution in [0.4, 0.5) is 5.69 Å². The van der Waals surface area contributed by atoms with Gasteiger partial charge in [-0.1, -0.05) is 0 Å². The van der Waals surface area contributed by atoms with Crippen LogP contribution in [-0.4, -0.2) is 18.3 Å². The molecular formula is C11H15NO2. The number of ether oxygens (including phenoxy) is 1. The molecule has 3 nitrogen and oxygen atoms in total. The molecule has 0 aliphatic carbocycles. The normalized spacial score (nSPS) is 19.7. The summed E-state index contributed by atoms with van der Waals surface area (Å²) in [6, 6.07) is 5.80. The Morgan fingerprint density at radius 1 is 1.57 bits per heavy atom. The van der Waals surface area contributed by atoms with Gasteiger partial charge in [-0.05, 0) is 31.5 Å². The van der Waals surface area contributed by atoms with Crippen molar-refractivity contribution in [2.45, 2.75) is 19.4 Å². The van der Waals surface area contributed by atoms with E-state index in [1.54, 1.807) is 0 Å². The lowest BCUT2D eigenvalue weighted by molar-refractivity contribution is 0.168. The Labute approximate surface area is 83.7 Å². The minimum Gasteiger partial charge on any atom is -0.494 e. The third-order valence-electron chi connectivity index (χ3n) is 2.43. The molecule has 0 saturated heterocycles. The lowest BCUT2D eigenvalue weighted by atomic mass is 10.0. The second kappa shape index (κ2) is 3.88. The van der Waals surface area contributed by atoms with Crippen LogP contribution in [0.1, 0.15) is 25.0 Å². The van der Waals surface area contributed by atoms with E-state index in [-0.39, 0.29) is 6.10 Å². The van der Waals surface area contributed by atoms with E-state index >= 15 is 0 Å². The van der Waals surface area contributed by atoms with Crippen LogP contribution in [-0.2, 0) is 0 Å². The van der Waals surface area contributed by atoms with E-state index in [1.807, 2.05) is 25.1 Å². The number of nitrogens with one attached hydrogen (secondary N) is 1. The van der Waals surface area contributed by atoms with Crippen LogP contribution >= 0.6 is 0 Å². The Morgan fingerprint density at radius 3 is 3.21 bits per heavy atom. The summed E-state index contributed by atoms with van der Waals surface area (Å²) >= 11 is 0. The highest BCUT2D eigenvalue weighted by atomic mass is 16.5. The predicted molar refractivity (Wildman–Crippen MR) is 55.7 cm³/mol. The molecule has 0 bridgehead atoms. The fraction of sp³-hybridized carbons (Fsp3) is 0.455. The highest BCUT2D eigenvalue weighted by molar-refractivity contribution is 5.56. The summed E-state index contributed by atoms with van der Waals surface area (Å²) in [7, 11) is 0. The predicted octanol–water partition coefficient (Wildman–Crippen LogP) is 1.93. The van der Waals surface area contributed by atoms with Crippen molar-refractivity contribution < 1.29 is 9.84 Å². The van der Waals surface area contributed by atoms with Crippen molar-refractivity contribution in [1.29, 1.82) is 0 Å². The Morgan fingerprint density at radius 2 is 2.43 bits per heavy atom. The monoisotopic (exact) mass is 193 g/mol. The van der Waals surface area contributed by atoms with E-state index in [0.717, 1.165) is 30.0 Å². The van der Waals surface area contributed by atoms with Crippen LogP contribution in [0, 0.1) is 0 Å². The van der Waals surface area contributed by atoms with Crippen LogP contribution in [0.5, 0.6) is 5.75 Å². The van der Waals surface area contributed by atoms with Crippen LogP contribution in [0.2, 0.25) is 0 Å². The van der Waals surface area contributed by atoms with Crippen molar-refractivity contribution in [3.63, 3.8) is 0 Å². The van der Waals surface area contributed by atoms with Gasteiger partial charge >= 0.3 is 0 Å². The lowest BCUT2D eigenvalue weighted by Crippen LogP contribution is -2.16. The topological polar surface area (TPSA) is 41.5 Å². The molecule has 1 aromatic rings. The molecule has 1 atom stereocenters. The number of rotatable bonds is 2. The van der Waals surface area contributed by atoms with Crippen LogP contribution in [0.25, 0.3) is 0 Å². The molecule has 1 aliphatic rings. The Bertz CT molecular complexity index is 325. The summed E-state index contributed by atoms with van der Waals surface area (Å²) < 4.78 is 5.38. The molecule has 76 valence electrons. The van der Waals surface area contributed by atoms with Gasteiger partial charge in [-0.25, -0.2) is 0 Å². The molecule has 1 aliphatic heterocycles. The first-order valence-corrected chi connectivity index (χ1v) is 5.00. The van der Waals surface area contributed by atoms with Gasteiger partial charge in [0.15, 0.2) is 0 Å². The SMILES string of the molecule is CCOc1ccc2c(c1)C(O)CCN2. The van der Waals surface area contributed by atoms with Crippen molar-refractivity contribution in [3.05, 3.63) is 23.8 Å². The third-order valence-corrected chi connectivity index (χ3v) is 2.43. The van der Waals surface area contributed by atoms with E-state index in [1.165, 1.54) is 0 Å². The Kier molecular flexibility index (Phi) is 2.59. The highest BCUT2D eigenvalue weighted by Gasteiger charge is 2.17. The minimum absolute atomic E-state index is 0.355. The number of fused-ring (bicyclic) bond motifs is 1. The highest BCUT2D eigenvalue weighted by Crippen LogP contribution is 2.32. The quantitative estimate of drug-likeness (QED) is 0.754. The van der Waals surface area contributed by atoms with Gasteiger partial charge in [-0.3, -0.25) is 0 Å². The Balaban J connectivity index is 2.31. The lowest BCUT2D eigenvalue weighted by Gasteiger charge is -2.23. The van der Waals surface area contributed by atoms with Crippen LogP contribution < -0.4 is 10.1 Å². The second-order valence-corrected chi connectivity index (χ2v) is 3.41. The van der Waals surface area contributed by atoms with Gasteiger partial charge in [0.2, 0.25) is 0 Å². The first-order valence-electron chi connectivity index (χ1n) is 5.00. The molecule has 0 radical (unpaired) electrons. The van der Waals surface area contributed by atoms with Gasteiger partial charge in [-0.2, -0.15) is 0 Å². The molecule has 0 amide bonds. The number of hydrogen-bond donors (Lipinski definition) is 2. The van der Waals surface area contributed by atoms with Gasteiger partial charge in [0.05, 0.1) is 12.7 Å². The first kappa shape index (κ1) is 9.34. The summed E-state index contributed by atoms with van der Waals surface area (Å²) in [5, 5.41) is 13.0. The zero-order valence-electron chi connectivity index (χ0n) is 8.29. The van der Waals surface area contributed by atoms with E-state index in [0.29, 0.717) is 6.61 Å². The molecule has 1 unspecified atom stereocenters. The first-order chi connectivity index (χ1) is 6.81. The summed E-state index contributed by atoms with van der Waals surface area (Å²) in [6.07, 6.45) is 0.411. The molecule has 2 rings (SSSR count). The molecular weight excluding hydrogens is 178 g/mol. The van der Waals surface area contributed by atoms with Gasteiger partial charge in [0.1, 0.15) is 5.75 Å². The number of anilines is 1. The fourth-order valence-corrected chi connectivity index (χ4v) is 1.73. The minimum atomic E-state index is -0.355. The molecule has 2 N–H and O–H groups in total. The Hall–Kier alpha value is -1.22. The average molecular weight is 193 g/mol. The molecule has 0 saturated carbocycles. The average Bonchev–Trinajstić information content (AvgIpc) is 2.20. The maximum atomic E-state index is 9.76. The van der Waals surface area contributed by atoms with Gasteiger partial charge in [-0.15, -0.1) is 0 Å². The summed E-state index contributed by atoms with van der Waals surface area (Å²) in [5.41, 5.74) is 1.97. The summed E-state index contributed by atoms with van der Waals surface area (Å²) in [6.45, 7) is 3.44. The van der Waals surface area contributed by atoms with Crippen molar-refractivity contribution in [1.82, 2.24) is 0 Å². The van der Waals surface area contributed by atoms with Gasteiger partial charge < -0.3 is 15.2 Å². The third kappa shape index (κ3) is 1.68. The summed E-state index contributed by atoms with van der Waals surface area (Å²) in [4.78, 5) is 0. The second-order valence-electron chi connectivity index (χ2n) is 3.41. The fourth-order valence-electron chi connectivity index (χ4n) is 1.73. The number of benzene rings is 1. The standard InChI is InChI=1S/C11H15NO2/c1-2-14-8-3-4-10-9(7-8)11(13)5-6-12-10/h3-4,7,11-13H,2,5-6H2,1H3. The zero-order chi connectivity index (χ0) is 9.97. The molecule has 0 aromatic heterocycles. The van der Waals surface area contributed by atoms with Crippen molar-refractivity contribution in [2.24, 2.45) is 0 Å². The maximum absolute atomic E-state index is 9.76. The molecule has 1 aromatic carbocycles. The molecule has 1 heterocycles. The molecule has 3 heteroatoms. The van der Waals surface area contributed by atoms with Gasteiger partial charge in [0.25, 0.3) is 0 Å². The number of aliphatic hydroxyl groups is 1. The van der Waals surface area contributed by atoms with Crippen molar-refractivity contribution in [3.8, 4) is 5.75 Å². The molecule has 14 heavy (non-hydrogen) atoms.